The lowest BCUT2D eigenvalue weighted by Crippen LogP contribution is -2.58. The van der Waals surface area contributed by atoms with E-state index in [-0.39, 0.29) is 12.5 Å². The summed E-state index contributed by atoms with van der Waals surface area (Å²) >= 11 is 0. The Bertz CT molecular complexity index is 850. The second kappa shape index (κ2) is 9.12. The molecule has 0 fully saturated rings. The van der Waals surface area contributed by atoms with Crippen LogP contribution in [0.5, 0.6) is 5.75 Å². The lowest BCUT2D eigenvalue weighted by Gasteiger charge is -2.45. The summed E-state index contributed by atoms with van der Waals surface area (Å²) in [6, 6.07) is 5.38. The third-order valence-corrected chi connectivity index (χ3v) is 10.4. The molecule has 0 saturated carbocycles. The van der Waals surface area contributed by atoms with Gasteiger partial charge < -0.3 is 19.5 Å². The van der Waals surface area contributed by atoms with Crippen molar-refractivity contribution in [3.8, 4) is 5.75 Å². The fourth-order valence-electron chi connectivity index (χ4n) is 3.83. The van der Waals surface area contributed by atoms with Crippen molar-refractivity contribution in [3.05, 3.63) is 42.4 Å². The molecule has 2 aromatic heterocycles. The van der Waals surface area contributed by atoms with Gasteiger partial charge in [-0.2, -0.15) is 0 Å². The van der Waals surface area contributed by atoms with E-state index in [9.17, 15) is 4.79 Å². The maximum atomic E-state index is 16.6. The molecule has 1 amide bonds. The predicted molar refractivity (Wildman–Crippen MR) is 121 cm³/mol. The van der Waals surface area contributed by atoms with Crippen LogP contribution in [-0.2, 0) is 11.3 Å². The number of halogens is 1. The molecule has 0 spiro atoms. The van der Waals surface area contributed by atoms with Crippen molar-refractivity contribution in [3.63, 3.8) is 0 Å². The van der Waals surface area contributed by atoms with E-state index in [2.05, 4.69) is 20.6 Å². The first-order valence-electron chi connectivity index (χ1n) is 10.0. The van der Waals surface area contributed by atoms with E-state index in [1.807, 2.05) is 53.7 Å². The number of anilines is 1. The molecule has 0 saturated heterocycles. The summed E-state index contributed by atoms with van der Waals surface area (Å²) in [5, 5.41) is 5.26. The zero-order valence-electron chi connectivity index (χ0n) is 19.0. The molecule has 0 aromatic carbocycles. The van der Waals surface area contributed by atoms with Crippen LogP contribution in [0.4, 0.5) is 9.93 Å². The zero-order chi connectivity index (χ0) is 22.6. The predicted octanol–water partition coefficient (Wildman–Crippen LogP) is 3.94. The number of carbonyl (C=O) groups is 1. The average molecular weight is 433 g/mol. The smallest absolute Gasteiger partial charge is 0.293 e. The molecular formula is C22H33FN4O2Si. The van der Waals surface area contributed by atoms with Gasteiger partial charge in [0.1, 0.15) is 11.6 Å². The summed E-state index contributed by atoms with van der Waals surface area (Å²) in [7, 11) is -1.98. The fraction of sp³-hybridized carbons (Fsp3) is 0.500. The van der Waals surface area contributed by atoms with Crippen LogP contribution in [-0.4, -0.2) is 37.9 Å². The van der Waals surface area contributed by atoms with Crippen molar-refractivity contribution in [2.45, 2.75) is 58.2 Å². The number of carbonyl (C=O) groups excluding carboxylic acids is 1. The van der Waals surface area contributed by atoms with Gasteiger partial charge in [0.15, 0.2) is 0 Å². The van der Waals surface area contributed by atoms with Crippen molar-refractivity contribution >= 4 is 25.3 Å². The lowest BCUT2D eigenvalue weighted by atomic mass is 10.2. The van der Waals surface area contributed by atoms with Crippen LogP contribution in [0.25, 0.3) is 0 Å². The van der Waals surface area contributed by atoms with E-state index < -0.39 is 18.5 Å². The molecule has 6 nitrogen and oxygen atoms in total. The van der Waals surface area contributed by atoms with E-state index in [1.54, 1.807) is 24.7 Å². The van der Waals surface area contributed by atoms with Crippen LogP contribution in [0.3, 0.4) is 0 Å². The Morgan fingerprint density at radius 1 is 1.17 bits per heavy atom. The van der Waals surface area contributed by atoms with Gasteiger partial charge in [0, 0.05) is 36.4 Å². The molecule has 0 atom stereocenters. The summed E-state index contributed by atoms with van der Waals surface area (Å²) in [5.41, 5.74) is 0.920. The van der Waals surface area contributed by atoms with Gasteiger partial charge in [0.2, 0.25) is 5.91 Å². The van der Waals surface area contributed by atoms with Crippen LogP contribution in [0.1, 0.15) is 47.1 Å². The van der Waals surface area contributed by atoms with Crippen LogP contribution in [0.15, 0.2) is 36.8 Å². The molecule has 164 valence electrons. The van der Waals surface area contributed by atoms with Crippen LogP contribution < -0.4 is 20.6 Å². The van der Waals surface area contributed by atoms with Gasteiger partial charge in [0.05, 0.1) is 13.7 Å². The van der Waals surface area contributed by atoms with Crippen molar-refractivity contribution in [1.82, 2.24) is 15.3 Å². The Morgan fingerprint density at radius 2 is 1.83 bits per heavy atom. The Hall–Kier alpha value is -2.48. The third-order valence-electron chi connectivity index (χ3n) is 5.17. The number of nitrogens with zero attached hydrogens (tertiary/aromatic N) is 2. The highest BCUT2D eigenvalue weighted by molar-refractivity contribution is 6.91. The van der Waals surface area contributed by atoms with E-state index >= 15 is 4.11 Å². The average Bonchev–Trinajstić information content (AvgIpc) is 2.69. The highest BCUT2D eigenvalue weighted by atomic mass is 28.4. The normalized spacial score (nSPS) is 12.4. The van der Waals surface area contributed by atoms with Gasteiger partial charge in [-0.3, -0.25) is 9.78 Å². The second-order valence-electron chi connectivity index (χ2n) is 9.42. The van der Waals surface area contributed by atoms with E-state index in [4.69, 9.17) is 4.74 Å². The van der Waals surface area contributed by atoms with Gasteiger partial charge in [-0.25, -0.2) is 4.98 Å². The fourth-order valence-corrected chi connectivity index (χ4v) is 8.45. The number of nitrogens with one attached hydrogen (secondary N) is 2. The number of rotatable bonds is 7. The van der Waals surface area contributed by atoms with Gasteiger partial charge in [-0.05, 0) is 21.7 Å². The third kappa shape index (κ3) is 5.16. The molecule has 0 aliphatic rings. The second-order valence-corrected chi connectivity index (χ2v) is 14.3. The van der Waals surface area contributed by atoms with Gasteiger partial charge in [-0.15, -0.1) is 0 Å². The maximum absolute atomic E-state index is 16.6. The molecule has 2 aromatic rings. The number of hydrogen-bond acceptors (Lipinski definition) is 5. The molecular weight excluding hydrogens is 399 g/mol. The molecule has 2 heterocycles. The first-order chi connectivity index (χ1) is 13.9. The molecule has 0 bridgehead atoms. The molecule has 0 radical (unpaired) electrons. The standard InChI is InChI=1S/C22H33FN4O2Si/c1-21(2,3)30(23,22(4,5)6)18-14-25-19(11-17(18)29-7)26-15-20(28)27-13-16-9-8-10-24-12-16/h8-12,14H,13,15H2,1-7H3,(H,25,26)(H,27,28). The number of hydrogen-bond donors (Lipinski definition) is 2. The molecule has 2 N–H and O–H groups in total. The molecule has 0 aliphatic heterocycles. The van der Waals surface area contributed by atoms with Gasteiger partial charge in [0.25, 0.3) is 8.41 Å². The SMILES string of the molecule is COc1cc(NCC(=O)NCc2cccnc2)ncc1[Si](F)(C(C)(C)C)C(C)(C)C. The van der Waals surface area contributed by atoms with E-state index in [1.165, 1.54) is 7.11 Å². The summed E-state index contributed by atoms with van der Waals surface area (Å²) in [5.74, 6) is 0.746. The van der Waals surface area contributed by atoms with Gasteiger partial charge in [-0.1, -0.05) is 47.6 Å². The van der Waals surface area contributed by atoms with Crippen molar-refractivity contribution in [2.24, 2.45) is 0 Å². The first-order valence-corrected chi connectivity index (χ1v) is 11.9. The summed E-state index contributed by atoms with van der Waals surface area (Å²) in [6.45, 7) is 12.0. The van der Waals surface area contributed by atoms with E-state index in [0.29, 0.717) is 23.3 Å². The highest BCUT2D eigenvalue weighted by Crippen LogP contribution is 2.52. The highest BCUT2D eigenvalue weighted by Gasteiger charge is 2.58. The molecule has 0 unspecified atom stereocenters. The van der Waals surface area contributed by atoms with Gasteiger partial charge >= 0.3 is 0 Å². The van der Waals surface area contributed by atoms with Crippen molar-refractivity contribution < 1.29 is 13.6 Å². The van der Waals surface area contributed by atoms with Crippen LogP contribution in [0.2, 0.25) is 10.1 Å². The minimum Gasteiger partial charge on any atom is -0.497 e. The van der Waals surface area contributed by atoms with Crippen LogP contribution in [0, 0.1) is 0 Å². The number of ether oxygens (including phenoxy) is 1. The monoisotopic (exact) mass is 432 g/mol. The van der Waals surface area contributed by atoms with Crippen molar-refractivity contribution in [2.75, 3.05) is 19.0 Å². The van der Waals surface area contributed by atoms with Crippen LogP contribution >= 0.6 is 0 Å². The molecule has 8 heteroatoms. The Kier molecular flexibility index (Phi) is 7.23. The van der Waals surface area contributed by atoms with E-state index in [0.717, 1.165) is 5.56 Å². The molecule has 0 aliphatic carbocycles. The maximum Gasteiger partial charge on any atom is 0.293 e. The van der Waals surface area contributed by atoms with Crippen molar-refractivity contribution in [1.29, 1.82) is 0 Å². The zero-order valence-corrected chi connectivity index (χ0v) is 20.0. The number of amides is 1. The molecule has 30 heavy (non-hydrogen) atoms. The minimum absolute atomic E-state index is 0.0481. The Morgan fingerprint density at radius 3 is 2.37 bits per heavy atom. The lowest BCUT2D eigenvalue weighted by molar-refractivity contribution is -0.119. The first kappa shape index (κ1) is 23.8. The number of pyridine rings is 2. The summed E-state index contributed by atoms with van der Waals surface area (Å²) < 4.78 is 22.2. The summed E-state index contributed by atoms with van der Waals surface area (Å²) in [4.78, 5) is 20.5. The minimum atomic E-state index is -3.51. The quantitative estimate of drug-likeness (QED) is 0.512. The number of methoxy groups -OCH3 is 1. The topological polar surface area (TPSA) is 76.1 Å². The Labute approximate surface area is 179 Å². The Balaban J connectivity index is 2.14. The molecule has 2 rings (SSSR count). The summed E-state index contributed by atoms with van der Waals surface area (Å²) in [6.07, 6.45) is 4.96. The largest absolute Gasteiger partial charge is 0.497 e. The number of aromatic nitrogens is 2.